The number of pyridine rings is 3. The second-order valence-electron chi connectivity index (χ2n) is 14.0. The van der Waals surface area contributed by atoms with Gasteiger partial charge in [-0.15, -0.1) is 70.8 Å². The monoisotopic (exact) mass is 830 g/mol. The average Bonchev–Trinajstić information content (AvgIpc) is 3.10. The molecule has 4 heteroatoms. The van der Waals surface area contributed by atoms with Crippen molar-refractivity contribution in [3.8, 4) is 44.8 Å². The molecule has 1 radical (unpaired) electrons. The summed E-state index contributed by atoms with van der Waals surface area (Å²) in [5.41, 5.74) is 16.4. The predicted molar refractivity (Wildman–Crippen MR) is 206 cm³/mol. The Hall–Kier alpha value is -4.76. The minimum absolute atomic E-state index is 0. The van der Waals surface area contributed by atoms with Crippen LogP contribution in [0.25, 0.3) is 55.5 Å². The fraction of sp³-hybridized carbons (Fsp3) is 0.196. The Morgan fingerprint density at radius 1 is 0.540 bits per heavy atom. The minimum Gasteiger partial charge on any atom is -0.305 e. The molecule has 0 aliphatic carbocycles. The smallest absolute Gasteiger partial charge is 0.0352 e. The first-order valence-corrected chi connectivity index (χ1v) is 16.8. The molecule has 3 nitrogen and oxygen atoms in total. The number of aromatic nitrogens is 3. The summed E-state index contributed by atoms with van der Waals surface area (Å²) in [6, 6.07) is 38.7. The van der Waals surface area contributed by atoms with E-state index in [0.29, 0.717) is 0 Å². The van der Waals surface area contributed by atoms with Crippen LogP contribution >= 0.6 is 0 Å². The maximum absolute atomic E-state index is 4.65. The zero-order chi connectivity index (χ0) is 34.7. The molecule has 0 fully saturated rings. The van der Waals surface area contributed by atoms with Gasteiger partial charge in [0, 0.05) is 50.3 Å². The molecular formula is C46H43IrN3-2. The van der Waals surface area contributed by atoms with Crippen molar-refractivity contribution in [3.05, 3.63) is 161 Å². The number of hydrogen-bond donors (Lipinski definition) is 0. The van der Waals surface area contributed by atoms with Crippen molar-refractivity contribution < 1.29 is 20.1 Å². The molecule has 253 valence electrons. The molecule has 3 aromatic heterocycles. The summed E-state index contributed by atoms with van der Waals surface area (Å²) in [5.74, 6) is 0. The van der Waals surface area contributed by atoms with E-state index in [-0.39, 0.29) is 25.5 Å². The normalized spacial score (nSPS) is 11.0. The van der Waals surface area contributed by atoms with Gasteiger partial charge in [-0.05, 0) is 95.4 Å². The number of aryl methyl sites for hydroxylation is 5. The van der Waals surface area contributed by atoms with Crippen LogP contribution in [-0.4, -0.2) is 15.0 Å². The van der Waals surface area contributed by atoms with Gasteiger partial charge in [0.2, 0.25) is 0 Å². The Bertz CT molecular complexity index is 2260. The van der Waals surface area contributed by atoms with E-state index in [9.17, 15) is 0 Å². The van der Waals surface area contributed by atoms with Crippen LogP contribution in [0.15, 0.2) is 116 Å². The van der Waals surface area contributed by atoms with Gasteiger partial charge < -0.3 is 9.97 Å². The molecule has 0 atom stereocenters. The van der Waals surface area contributed by atoms with Crippen LogP contribution < -0.4 is 0 Å². The van der Waals surface area contributed by atoms with Crippen LogP contribution in [0.2, 0.25) is 0 Å². The Kier molecular flexibility index (Phi) is 11.3. The van der Waals surface area contributed by atoms with Crippen molar-refractivity contribution in [2.45, 2.75) is 60.8 Å². The summed E-state index contributed by atoms with van der Waals surface area (Å²) in [7, 11) is 0. The molecule has 0 saturated heterocycles. The van der Waals surface area contributed by atoms with Gasteiger partial charge in [-0.1, -0.05) is 81.3 Å². The van der Waals surface area contributed by atoms with Crippen molar-refractivity contribution in [1.29, 1.82) is 0 Å². The molecule has 7 aromatic rings. The maximum atomic E-state index is 4.65. The second kappa shape index (κ2) is 15.4. The maximum Gasteiger partial charge on any atom is 0.0352 e. The molecule has 0 unspecified atom stereocenters. The van der Waals surface area contributed by atoms with E-state index < -0.39 is 0 Å². The Balaban J connectivity index is 0.000000255. The van der Waals surface area contributed by atoms with E-state index >= 15 is 0 Å². The quantitative estimate of drug-likeness (QED) is 0.166. The van der Waals surface area contributed by atoms with Gasteiger partial charge in [0.1, 0.15) is 0 Å². The minimum atomic E-state index is 0. The number of fused-ring (bicyclic) bond motifs is 1. The SMILES string of the molecule is Cc1c[c-]c(-c2cc(C)c(C)cn2)cc1.Cc1ccc(-c2ccc(-c3cc[c-]c(-c4cc(C(C)(C)C)ccn4)c3)c3ccncc23)c(C)c1.[Ir]. The van der Waals surface area contributed by atoms with Gasteiger partial charge in [0.25, 0.3) is 0 Å². The number of hydrogen-bond acceptors (Lipinski definition) is 3. The van der Waals surface area contributed by atoms with Gasteiger partial charge in [-0.2, -0.15) is 0 Å². The van der Waals surface area contributed by atoms with Crippen molar-refractivity contribution >= 4 is 10.8 Å². The molecule has 7 rings (SSSR count). The first-order valence-electron chi connectivity index (χ1n) is 16.8. The van der Waals surface area contributed by atoms with E-state index in [1.54, 1.807) is 0 Å². The molecule has 0 N–H and O–H groups in total. The summed E-state index contributed by atoms with van der Waals surface area (Å²) in [5, 5.41) is 2.36. The molecule has 0 aliphatic heterocycles. The van der Waals surface area contributed by atoms with Crippen LogP contribution in [0.5, 0.6) is 0 Å². The van der Waals surface area contributed by atoms with Gasteiger partial charge >= 0.3 is 0 Å². The zero-order valence-corrected chi connectivity index (χ0v) is 32.5. The van der Waals surface area contributed by atoms with E-state index in [4.69, 9.17) is 0 Å². The topological polar surface area (TPSA) is 38.7 Å². The molecule has 0 amide bonds. The fourth-order valence-corrected chi connectivity index (χ4v) is 6.05. The molecule has 4 aromatic carbocycles. The second-order valence-corrected chi connectivity index (χ2v) is 14.0. The van der Waals surface area contributed by atoms with E-state index in [1.165, 1.54) is 55.5 Å². The Morgan fingerprint density at radius 3 is 2.00 bits per heavy atom. The zero-order valence-electron chi connectivity index (χ0n) is 30.1. The third-order valence-corrected chi connectivity index (χ3v) is 9.12. The van der Waals surface area contributed by atoms with E-state index in [0.717, 1.165) is 33.5 Å². The summed E-state index contributed by atoms with van der Waals surface area (Å²) >= 11 is 0. The first kappa shape index (κ1) is 36.5. The standard InChI is InChI=1S/C32H29N2.C14H14N.Ir/c1-21-9-10-26(22(2)17-21)28-12-11-27(29-14-15-33-20-30(28)29)23-7-6-8-24(18-23)31-19-25(13-16-34-31)32(3,4)5;1-10-4-6-13(7-5-10)14-8-11(2)12(3)9-15-14;/h6-7,9-20H,1-5H3;4-6,8-9H,1-3H3;/q2*-1;. The summed E-state index contributed by atoms with van der Waals surface area (Å²) in [4.78, 5) is 13.5. The molecular weight excluding hydrogens is 787 g/mol. The first-order chi connectivity index (χ1) is 23.5. The van der Waals surface area contributed by atoms with Crippen LogP contribution in [0.4, 0.5) is 0 Å². The molecule has 3 heterocycles. The largest absolute Gasteiger partial charge is 0.305 e. The molecule has 0 saturated carbocycles. The molecule has 0 aliphatic rings. The average molecular weight is 830 g/mol. The predicted octanol–water partition coefficient (Wildman–Crippen LogP) is 11.8. The van der Waals surface area contributed by atoms with Crippen molar-refractivity contribution in [3.63, 3.8) is 0 Å². The van der Waals surface area contributed by atoms with Crippen molar-refractivity contribution in [2.24, 2.45) is 0 Å². The number of benzene rings is 4. The van der Waals surface area contributed by atoms with Crippen LogP contribution in [0.3, 0.4) is 0 Å². The summed E-state index contributed by atoms with van der Waals surface area (Å²) in [6.07, 6.45) is 7.67. The van der Waals surface area contributed by atoms with E-state index in [2.05, 4.69) is 161 Å². The fourth-order valence-electron chi connectivity index (χ4n) is 6.05. The van der Waals surface area contributed by atoms with Gasteiger partial charge in [-0.3, -0.25) is 4.98 Å². The third kappa shape index (κ3) is 8.16. The van der Waals surface area contributed by atoms with Crippen molar-refractivity contribution in [1.82, 2.24) is 15.0 Å². The van der Waals surface area contributed by atoms with Crippen LogP contribution in [-0.2, 0) is 25.5 Å². The van der Waals surface area contributed by atoms with Gasteiger partial charge in [0.15, 0.2) is 0 Å². The van der Waals surface area contributed by atoms with Crippen LogP contribution in [0, 0.1) is 46.8 Å². The van der Waals surface area contributed by atoms with Gasteiger partial charge in [0.05, 0.1) is 0 Å². The Labute approximate surface area is 311 Å². The van der Waals surface area contributed by atoms with Gasteiger partial charge in [-0.25, -0.2) is 0 Å². The van der Waals surface area contributed by atoms with Crippen molar-refractivity contribution in [2.75, 3.05) is 0 Å². The summed E-state index contributed by atoms with van der Waals surface area (Å²) in [6.45, 7) is 17.2. The summed E-state index contributed by atoms with van der Waals surface area (Å²) < 4.78 is 0. The van der Waals surface area contributed by atoms with Crippen LogP contribution in [0.1, 0.15) is 54.2 Å². The van der Waals surface area contributed by atoms with E-state index in [1.807, 2.05) is 36.9 Å². The molecule has 0 bridgehead atoms. The third-order valence-electron chi connectivity index (χ3n) is 9.12. The number of rotatable bonds is 4. The Morgan fingerprint density at radius 2 is 1.28 bits per heavy atom. The molecule has 0 spiro atoms. The molecule has 50 heavy (non-hydrogen) atoms. The number of nitrogens with zero attached hydrogens (tertiary/aromatic N) is 3.